The summed E-state index contributed by atoms with van der Waals surface area (Å²) in [5.41, 5.74) is 0. The molecule has 3 heterocycles. The molecule has 25 nitrogen and oxygen atoms in total. The Morgan fingerprint density at radius 1 is 0.766 bits per heavy atom. The second-order valence-electron chi connectivity index (χ2n) is 16.0. The lowest BCUT2D eigenvalue weighted by atomic mass is 9.88. The number of carbonyl (C=O) groups is 6. The molecule has 0 aromatic carbocycles. The van der Waals surface area contributed by atoms with E-state index in [1.165, 1.54) is 0 Å². The molecule has 0 radical (unpaired) electrons. The van der Waals surface area contributed by atoms with Crippen LogP contribution in [0.15, 0.2) is 0 Å². The van der Waals surface area contributed by atoms with Crippen LogP contribution < -0.4 is 16.0 Å². The number of unbranched alkanes of at least 4 members (excludes halogenated alkanes) is 2. The molecule has 3 saturated heterocycles. The number of Topliss-reactive ketones (excluding diaryl/α,β-unsaturated/α-hetero) is 2. The fourth-order valence-corrected chi connectivity index (χ4v) is 7.35. The van der Waals surface area contributed by atoms with Gasteiger partial charge < -0.3 is 95.4 Å². The Morgan fingerprint density at radius 2 is 1.38 bits per heavy atom. The van der Waals surface area contributed by atoms with Crippen LogP contribution in [0.1, 0.15) is 78.6 Å². The predicted molar refractivity (Wildman–Crippen MR) is 211 cm³/mol. The number of aliphatic hydroxyl groups excluding tert-OH is 9. The molecule has 25 heteroatoms. The zero-order valence-electron chi connectivity index (χ0n) is 35.9. The third-order valence-electron chi connectivity index (χ3n) is 11.0. The molecule has 3 aliphatic heterocycles. The van der Waals surface area contributed by atoms with E-state index in [0.29, 0.717) is 32.1 Å². The topological polar surface area (TPSA) is 396 Å². The molecule has 0 saturated carbocycles. The molecule has 7 unspecified atom stereocenters. The SMILES string of the molecule is CCC(=O)CNC(=O)CCCCC(=O)CCCCO[C@@H]1OC(CO)[C@H](O[C@@H]2OC(CO[C@]3(C(=O)O)C[C@H](O)[C@@H](NC(C)=O)C(C(O)C(O)CO)O3)[C@H](O)[C@H](O)C2O)[C@H](O)C1NC(C)=O. The average Bonchev–Trinajstić information content (AvgIpc) is 3.25. The van der Waals surface area contributed by atoms with E-state index >= 15 is 0 Å². The first kappa shape index (κ1) is 55.0. The van der Waals surface area contributed by atoms with Gasteiger partial charge in [-0.25, -0.2) is 4.79 Å². The Hall–Kier alpha value is -3.38. The molecule has 0 spiro atoms. The van der Waals surface area contributed by atoms with Crippen LogP contribution in [0.5, 0.6) is 0 Å². The van der Waals surface area contributed by atoms with E-state index in [0.717, 1.165) is 13.8 Å². The lowest BCUT2D eigenvalue weighted by Crippen LogP contribution is -2.69. The van der Waals surface area contributed by atoms with Gasteiger partial charge in [0.1, 0.15) is 72.9 Å². The summed E-state index contributed by atoms with van der Waals surface area (Å²) in [5.74, 6) is -6.53. The first-order chi connectivity index (χ1) is 30.2. The van der Waals surface area contributed by atoms with Gasteiger partial charge in [0.05, 0.1) is 38.5 Å². The van der Waals surface area contributed by atoms with Crippen LogP contribution in [0.3, 0.4) is 0 Å². The third-order valence-corrected chi connectivity index (χ3v) is 11.0. The molecule has 13 N–H and O–H groups in total. The molecule has 3 amide bonds. The Labute approximate surface area is 368 Å². The minimum atomic E-state index is -2.87. The summed E-state index contributed by atoms with van der Waals surface area (Å²) in [5, 5.41) is 113. The summed E-state index contributed by atoms with van der Waals surface area (Å²) in [7, 11) is 0. The molecule has 0 aromatic rings. The van der Waals surface area contributed by atoms with Crippen molar-refractivity contribution in [1.82, 2.24) is 16.0 Å². The van der Waals surface area contributed by atoms with Gasteiger partial charge in [-0.3, -0.25) is 24.0 Å². The van der Waals surface area contributed by atoms with Crippen molar-refractivity contribution in [3.63, 3.8) is 0 Å². The molecule has 0 bridgehead atoms. The largest absolute Gasteiger partial charge is 0.477 e. The maximum Gasteiger partial charge on any atom is 0.364 e. The molecule has 0 aliphatic carbocycles. The highest BCUT2D eigenvalue weighted by Gasteiger charge is 2.57. The monoisotopic (exact) mass is 927 g/mol. The lowest BCUT2D eigenvalue weighted by molar-refractivity contribution is -0.360. The Bertz CT molecular complexity index is 1540. The number of amides is 3. The van der Waals surface area contributed by atoms with Crippen LogP contribution in [-0.2, 0) is 57.2 Å². The van der Waals surface area contributed by atoms with Crippen molar-refractivity contribution in [2.24, 2.45) is 0 Å². The predicted octanol–water partition coefficient (Wildman–Crippen LogP) is -5.66. The number of nitrogens with one attached hydrogen (secondary N) is 3. The smallest absolute Gasteiger partial charge is 0.364 e. The van der Waals surface area contributed by atoms with E-state index in [2.05, 4.69) is 16.0 Å². The van der Waals surface area contributed by atoms with Crippen molar-refractivity contribution >= 4 is 35.3 Å². The summed E-state index contributed by atoms with van der Waals surface area (Å²) in [6.45, 7) is 0.975. The number of aliphatic hydroxyl groups is 9. The average molecular weight is 928 g/mol. The molecule has 64 heavy (non-hydrogen) atoms. The van der Waals surface area contributed by atoms with E-state index in [9.17, 15) is 79.8 Å². The van der Waals surface area contributed by atoms with Crippen molar-refractivity contribution in [3.05, 3.63) is 0 Å². The number of carboxylic acids is 1. The standard InChI is InChI=1S/C39H65N3O22/c1-4-20(47)14-40-26(51)11-6-5-9-21(48)10-7-8-12-59-36-28(42-19(3)46)31(54)34(24(16-44)61-36)63-37-33(56)32(55)30(53)25(62-37)17-60-39(38(57)58)13-22(49)27(41-18(2)45)35(64-39)29(52)23(50)15-43/h22-25,27-37,43-44,49-50,52-56H,4-17H2,1-3H3,(H,40,51)(H,41,45)(H,42,46)(H,57,58)/t22-,23?,24?,25?,27+,28?,29?,30-,31+,32-,33?,34-,35?,36+,37-,39+/m0/s1. The normalized spacial score (nSPS) is 34.0. The number of ketones is 2. The van der Waals surface area contributed by atoms with Gasteiger partial charge in [-0.05, 0) is 25.7 Å². The quantitative estimate of drug-likeness (QED) is 0.0360. The van der Waals surface area contributed by atoms with Crippen molar-refractivity contribution in [2.45, 2.75) is 176 Å². The van der Waals surface area contributed by atoms with Gasteiger partial charge in [0.2, 0.25) is 17.7 Å². The number of aliphatic carboxylic acids is 1. The second kappa shape index (κ2) is 26.1. The van der Waals surface area contributed by atoms with E-state index in [1.54, 1.807) is 6.92 Å². The zero-order chi connectivity index (χ0) is 47.9. The fourth-order valence-electron chi connectivity index (χ4n) is 7.35. The molecular weight excluding hydrogens is 862 g/mol. The minimum absolute atomic E-state index is 0.0223. The summed E-state index contributed by atoms with van der Waals surface area (Å²) in [6, 6.07) is -2.87. The van der Waals surface area contributed by atoms with Gasteiger partial charge in [-0.1, -0.05) is 6.92 Å². The summed E-state index contributed by atoms with van der Waals surface area (Å²) < 4.78 is 34.2. The van der Waals surface area contributed by atoms with Crippen molar-refractivity contribution in [2.75, 3.05) is 33.0 Å². The summed E-state index contributed by atoms with van der Waals surface area (Å²) >= 11 is 0. The van der Waals surface area contributed by atoms with Gasteiger partial charge in [-0.2, -0.15) is 0 Å². The van der Waals surface area contributed by atoms with Gasteiger partial charge in [0.15, 0.2) is 18.4 Å². The highest BCUT2D eigenvalue weighted by Crippen LogP contribution is 2.35. The number of ether oxygens (including phenoxy) is 6. The summed E-state index contributed by atoms with van der Waals surface area (Å²) in [4.78, 5) is 72.2. The fraction of sp³-hybridized carbons (Fsp3) is 0.846. The van der Waals surface area contributed by atoms with E-state index in [1.807, 2.05) is 0 Å². The number of carbonyl (C=O) groups excluding carboxylic acids is 5. The van der Waals surface area contributed by atoms with Gasteiger partial charge >= 0.3 is 5.97 Å². The van der Waals surface area contributed by atoms with E-state index < -0.39 is 142 Å². The van der Waals surface area contributed by atoms with Crippen LogP contribution in [0.4, 0.5) is 0 Å². The number of rotatable bonds is 26. The zero-order valence-corrected chi connectivity index (χ0v) is 35.9. The Balaban J connectivity index is 1.64. The highest BCUT2D eigenvalue weighted by atomic mass is 16.8. The molecule has 3 rings (SSSR count). The van der Waals surface area contributed by atoms with Gasteiger partial charge in [-0.15, -0.1) is 0 Å². The highest BCUT2D eigenvalue weighted by molar-refractivity contribution is 5.85. The van der Waals surface area contributed by atoms with Crippen LogP contribution in [0.25, 0.3) is 0 Å². The molecular formula is C39H65N3O22. The Kier molecular flexibility index (Phi) is 22.4. The second-order valence-corrected chi connectivity index (χ2v) is 16.0. The first-order valence-electron chi connectivity index (χ1n) is 21.2. The number of hydrogen-bond donors (Lipinski definition) is 13. The first-order valence-corrected chi connectivity index (χ1v) is 21.2. The van der Waals surface area contributed by atoms with Crippen molar-refractivity contribution in [1.29, 1.82) is 0 Å². The van der Waals surface area contributed by atoms with Crippen LogP contribution in [-0.4, -0.2) is 217 Å². The lowest BCUT2D eigenvalue weighted by Gasteiger charge is -2.48. The molecule has 3 fully saturated rings. The molecule has 368 valence electrons. The van der Waals surface area contributed by atoms with Crippen molar-refractivity contribution < 1.29 is 108 Å². The van der Waals surface area contributed by atoms with Crippen LogP contribution in [0.2, 0.25) is 0 Å². The number of hydrogen-bond acceptors (Lipinski definition) is 21. The van der Waals surface area contributed by atoms with E-state index in [4.69, 9.17) is 28.4 Å². The maximum absolute atomic E-state index is 12.6. The summed E-state index contributed by atoms with van der Waals surface area (Å²) in [6.07, 6.45) is -22.1. The van der Waals surface area contributed by atoms with E-state index in [-0.39, 0.29) is 49.9 Å². The third kappa shape index (κ3) is 15.3. The molecule has 16 atom stereocenters. The van der Waals surface area contributed by atoms with Crippen LogP contribution >= 0.6 is 0 Å². The Morgan fingerprint density at radius 3 is 1.97 bits per heavy atom. The van der Waals surface area contributed by atoms with Gasteiger partial charge in [0.25, 0.3) is 5.79 Å². The van der Waals surface area contributed by atoms with Crippen LogP contribution in [0, 0.1) is 0 Å². The molecule has 0 aromatic heterocycles. The van der Waals surface area contributed by atoms with Crippen molar-refractivity contribution in [3.8, 4) is 0 Å². The number of carboxylic acid groups (broad SMARTS) is 1. The van der Waals surface area contributed by atoms with Gasteiger partial charge in [0, 0.05) is 52.6 Å². The molecule has 3 aliphatic rings. The maximum atomic E-state index is 12.6. The minimum Gasteiger partial charge on any atom is -0.477 e.